The van der Waals surface area contributed by atoms with Crippen LogP contribution in [0.15, 0.2) is 60.7 Å². The number of nitrogens with one attached hydrogen (secondary N) is 1. The molecule has 0 aliphatic heterocycles. The molecule has 1 N–H and O–H groups in total. The van der Waals surface area contributed by atoms with Gasteiger partial charge in [-0.2, -0.15) is 0 Å². The van der Waals surface area contributed by atoms with E-state index in [2.05, 4.69) is 5.32 Å². The molecule has 8 heteroatoms. The van der Waals surface area contributed by atoms with Crippen LogP contribution in [0.3, 0.4) is 0 Å². The van der Waals surface area contributed by atoms with Crippen LogP contribution >= 0.6 is 11.6 Å². The van der Waals surface area contributed by atoms with Gasteiger partial charge in [0.25, 0.3) is 5.69 Å². The lowest BCUT2D eigenvalue weighted by Crippen LogP contribution is -2.13. The first kappa shape index (κ1) is 22.4. The van der Waals surface area contributed by atoms with Gasteiger partial charge in [-0.3, -0.25) is 10.1 Å². The van der Waals surface area contributed by atoms with Crippen molar-refractivity contribution in [3.05, 3.63) is 92.5 Å². The SMILES string of the molecule is COc1ccc(CNCc2cc(OC)c(OCc3ccc([N+](=O)[O-])cc3)cc2Cl)cc1. The number of ether oxygens (including phenoxy) is 3. The summed E-state index contributed by atoms with van der Waals surface area (Å²) in [6, 6.07) is 17.6. The number of rotatable bonds is 10. The van der Waals surface area contributed by atoms with E-state index in [-0.39, 0.29) is 12.3 Å². The average Bonchev–Trinajstić information content (AvgIpc) is 2.79. The van der Waals surface area contributed by atoms with E-state index in [1.165, 1.54) is 12.1 Å². The van der Waals surface area contributed by atoms with Gasteiger partial charge in [-0.25, -0.2) is 0 Å². The molecule has 0 saturated heterocycles. The van der Waals surface area contributed by atoms with E-state index in [0.717, 1.165) is 22.4 Å². The maximum Gasteiger partial charge on any atom is 0.269 e. The molecule has 3 rings (SSSR count). The predicted octanol–water partition coefficient (Wildman–Crippen LogP) is 5.13. The highest BCUT2D eigenvalue weighted by atomic mass is 35.5. The normalized spacial score (nSPS) is 10.5. The number of nitrogens with zero attached hydrogens (tertiary/aromatic N) is 1. The quantitative estimate of drug-likeness (QED) is 0.346. The molecular weight excluding hydrogens is 420 g/mol. The van der Waals surface area contributed by atoms with Gasteiger partial charge in [-0.15, -0.1) is 0 Å². The third-order valence-electron chi connectivity index (χ3n) is 4.68. The smallest absolute Gasteiger partial charge is 0.269 e. The van der Waals surface area contributed by atoms with Gasteiger partial charge >= 0.3 is 0 Å². The number of hydrogen-bond acceptors (Lipinski definition) is 6. The molecule has 0 aliphatic carbocycles. The molecule has 0 radical (unpaired) electrons. The van der Waals surface area contributed by atoms with Crippen LogP contribution in [0.25, 0.3) is 0 Å². The van der Waals surface area contributed by atoms with Crippen molar-refractivity contribution in [2.24, 2.45) is 0 Å². The second-order valence-corrected chi connectivity index (χ2v) is 7.17. The largest absolute Gasteiger partial charge is 0.497 e. The molecule has 0 spiro atoms. The number of nitro groups is 1. The molecule has 0 aromatic heterocycles. The van der Waals surface area contributed by atoms with Gasteiger partial charge in [-0.05, 0) is 47.0 Å². The summed E-state index contributed by atoms with van der Waals surface area (Å²) < 4.78 is 16.5. The van der Waals surface area contributed by atoms with E-state index in [9.17, 15) is 10.1 Å². The van der Waals surface area contributed by atoms with Crippen LogP contribution in [0.2, 0.25) is 5.02 Å². The van der Waals surface area contributed by atoms with Gasteiger partial charge in [0.05, 0.1) is 19.1 Å². The van der Waals surface area contributed by atoms with E-state index in [4.69, 9.17) is 25.8 Å². The van der Waals surface area contributed by atoms with Gasteiger partial charge in [0.1, 0.15) is 12.4 Å². The topological polar surface area (TPSA) is 82.9 Å². The monoisotopic (exact) mass is 442 g/mol. The van der Waals surface area contributed by atoms with E-state index in [0.29, 0.717) is 29.6 Å². The number of nitro benzene ring substituents is 1. The fourth-order valence-corrected chi connectivity index (χ4v) is 3.17. The molecule has 0 saturated carbocycles. The molecule has 0 heterocycles. The lowest BCUT2D eigenvalue weighted by atomic mass is 10.1. The molecule has 0 fully saturated rings. The van der Waals surface area contributed by atoms with Crippen LogP contribution in [0.1, 0.15) is 16.7 Å². The predicted molar refractivity (Wildman–Crippen MR) is 119 cm³/mol. The van der Waals surface area contributed by atoms with Gasteiger partial charge in [0, 0.05) is 36.3 Å². The highest BCUT2D eigenvalue weighted by Gasteiger charge is 2.12. The Morgan fingerprint density at radius 2 is 1.58 bits per heavy atom. The zero-order chi connectivity index (χ0) is 22.2. The van der Waals surface area contributed by atoms with E-state index >= 15 is 0 Å². The number of hydrogen-bond donors (Lipinski definition) is 1. The molecule has 162 valence electrons. The number of methoxy groups -OCH3 is 2. The zero-order valence-corrected chi connectivity index (χ0v) is 18.0. The Morgan fingerprint density at radius 3 is 2.19 bits per heavy atom. The Bertz CT molecular complexity index is 1020. The van der Waals surface area contributed by atoms with E-state index < -0.39 is 4.92 Å². The third-order valence-corrected chi connectivity index (χ3v) is 5.03. The lowest BCUT2D eigenvalue weighted by Gasteiger charge is -2.14. The van der Waals surface area contributed by atoms with Crippen molar-refractivity contribution < 1.29 is 19.1 Å². The summed E-state index contributed by atoms with van der Waals surface area (Å²) in [5.41, 5.74) is 2.85. The summed E-state index contributed by atoms with van der Waals surface area (Å²) >= 11 is 6.45. The first-order chi connectivity index (χ1) is 15.0. The molecule has 3 aromatic carbocycles. The van der Waals surface area contributed by atoms with Crippen LogP contribution in [0, 0.1) is 10.1 Å². The van der Waals surface area contributed by atoms with Gasteiger partial charge in [-0.1, -0.05) is 23.7 Å². The minimum absolute atomic E-state index is 0.0378. The van der Waals surface area contributed by atoms with Crippen molar-refractivity contribution in [2.45, 2.75) is 19.7 Å². The fourth-order valence-electron chi connectivity index (χ4n) is 2.94. The minimum atomic E-state index is -0.436. The van der Waals surface area contributed by atoms with Crippen LogP contribution < -0.4 is 19.5 Å². The highest BCUT2D eigenvalue weighted by Crippen LogP contribution is 2.34. The van der Waals surface area contributed by atoms with Crippen LogP contribution in [-0.2, 0) is 19.7 Å². The summed E-state index contributed by atoms with van der Waals surface area (Å²) in [5.74, 6) is 1.89. The van der Waals surface area contributed by atoms with E-state index in [1.807, 2.05) is 30.3 Å². The number of benzene rings is 3. The standard InChI is InChI=1S/C23H23ClN2O5/c1-29-20-9-5-16(6-10-20)13-25-14-18-11-22(30-2)23(12-21(18)24)31-15-17-3-7-19(8-4-17)26(27)28/h3-12,25H,13-15H2,1-2H3. The summed E-state index contributed by atoms with van der Waals surface area (Å²) in [7, 11) is 3.21. The van der Waals surface area contributed by atoms with Crippen LogP contribution in [0.4, 0.5) is 5.69 Å². The van der Waals surface area contributed by atoms with Crippen molar-refractivity contribution in [1.82, 2.24) is 5.32 Å². The molecule has 7 nitrogen and oxygen atoms in total. The van der Waals surface area contributed by atoms with Crippen molar-refractivity contribution in [3.63, 3.8) is 0 Å². The molecule has 0 amide bonds. The molecule has 0 unspecified atom stereocenters. The Balaban J connectivity index is 1.61. The van der Waals surface area contributed by atoms with Gasteiger partial charge < -0.3 is 19.5 Å². The Hall–Kier alpha value is -3.29. The van der Waals surface area contributed by atoms with Crippen LogP contribution in [0.5, 0.6) is 17.2 Å². The van der Waals surface area contributed by atoms with Crippen LogP contribution in [-0.4, -0.2) is 19.1 Å². The first-order valence-corrected chi connectivity index (χ1v) is 9.94. The van der Waals surface area contributed by atoms with Crippen molar-refractivity contribution in [1.29, 1.82) is 0 Å². The second kappa shape index (κ2) is 10.7. The van der Waals surface area contributed by atoms with E-state index in [1.54, 1.807) is 32.4 Å². The Kier molecular flexibility index (Phi) is 7.70. The highest BCUT2D eigenvalue weighted by molar-refractivity contribution is 6.31. The minimum Gasteiger partial charge on any atom is -0.497 e. The maximum absolute atomic E-state index is 10.8. The summed E-state index contributed by atoms with van der Waals surface area (Å²) in [6.07, 6.45) is 0. The third kappa shape index (κ3) is 6.10. The maximum atomic E-state index is 10.8. The molecular formula is C23H23ClN2O5. The molecule has 0 aliphatic rings. The Labute approximate surface area is 185 Å². The number of halogens is 1. The summed E-state index contributed by atoms with van der Waals surface area (Å²) in [5, 5.41) is 14.7. The summed E-state index contributed by atoms with van der Waals surface area (Å²) in [6.45, 7) is 1.48. The molecule has 31 heavy (non-hydrogen) atoms. The van der Waals surface area contributed by atoms with Crippen molar-refractivity contribution in [3.8, 4) is 17.2 Å². The average molecular weight is 443 g/mol. The van der Waals surface area contributed by atoms with Crippen molar-refractivity contribution >= 4 is 17.3 Å². The zero-order valence-electron chi connectivity index (χ0n) is 17.3. The van der Waals surface area contributed by atoms with Crippen molar-refractivity contribution in [2.75, 3.05) is 14.2 Å². The van der Waals surface area contributed by atoms with Gasteiger partial charge in [0.15, 0.2) is 11.5 Å². The Morgan fingerprint density at radius 1 is 0.903 bits per heavy atom. The first-order valence-electron chi connectivity index (χ1n) is 9.56. The lowest BCUT2D eigenvalue weighted by molar-refractivity contribution is -0.384. The number of non-ortho nitro benzene ring substituents is 1. The molecule has 0 bridgehead atoms. The second-order valence-electron chi connectivity index (χ2n) is 6.76. The molecule has 0 atom stereocenters. The van der Waals surface area contributed by atoms with Gasteiger partial charge in [0.2, 0.25) is 0 Å². The molecule has 3 aromatic rings. The summed E-state index contributed by atoms with van der Waals surface area (Å²) in [4.78, 5) is 10.3. The fraction of sp³-hybridized carbons (Fsp3) is 0.217.